The molecule has 2 unspecified atom stereocenters. The zero-order valence-electron chi connectivity index (χ0n) is 13.0. The number of ketones is 1. The van der Waals surface area contributed by atoms with Crippen LogP contribution in [0.3, 0.4) is 0 Å². The van der Waals surface area contributed by atoms with Gasteiger partial charge in [0, 0.05) is 0 Å². The summed E-state index contributed by atoms with van der Waals surface area (Å²) < 4.78 is 0. The first-order valence-corrected chi connectivity index (χ1v) is 7.12. The van der Waals surface area contributed by atoms with Crippen molar-refractivity contribution in [2.75, 3.05) is 0 Å². The Hall–Kier alpha value is -2.21. The Morgan fingerprint density at radius 3 is 2.23 bits per heavy atom. The van der Waals surface area contributed by atoms with Crippen molar-refractivity contribution in [1.82, 2.24) is 5.32 Å². The molecule has 0 fully saturated rings. The summed E-state index contributed by atoms with van der Waals surface area (Å²) >= 11 is 0. The summed E-state index contributed by atoms with van der Waals surface area (Å²) in [6.07, 6.45) is 0.158. The standard InChI is InChI=1S/C16H22N2O4/c1-10(2)14(11(3)19)18-15(20)13(16(21)22-17)9-12-7-5-4-6-8-12/h4-8,10,13-14H,9,17H2,1-3H3,(H,18,20). The van der Waals surface area contributed by atoms with Crippen LogP contribution in [0, 0.1) is 11.8 Å². The van der Waals surface area contributed by atoms with Gasteiger partial charge in [-0.05, 0) is 24.8 Å². The lowest BCUT2D eigenvalue weighted by Crippen LogP contribution is -2.48. The molecular formula is C16H22N2O4. The van der Waals surface area contributed by atoms with Gasteiger partial charge in [0.1, 0.15) is 5.92 Å². The summed E-state index contributed by atoms with van der Waals surface area (Å²) in [5.74, 6) is 2.20. The van der Waals surface area contributed by atoms with Crippen LogP contribution in [0.1, 0.15) is 26.3 Å². The Labute approximate surface area is 130 Å². The van der Waals surface area contributed by atoms with E-state index in [2.05, 4.69) is 10.2 Å². The molecule has 0 saturated carbocycles. The Morgan fingerprint density at radius 2 is 1.77 bits per heavy atom. The molecule has 2 atom stereocenters. The van der Waals surface area contributed by atoms with E-state index in [0.29, 0.717) is 0 Å². The summed E-state index contributed by atoms with van der Waals surface area (Å²) in [7, 11) is 0. The normalized spacial score (nSPS) is 13.3. The number of nitrogens with one attached hydrogen (secondary N) is 1. The molecule has 0 aliphatic carbocycles. The van der Waals surface area contributed by atoms with Crippen molar-refractivity contribution in [1.29, 1.82) is 0 Å². The molecule has 0 aliphatic rings. The topological polar surface area (TPSA) is 98.5 Å². The van der Waals surface area contributed by atoms with Crippen LogP contribution in [0.2, 0.25) is 0 Å². The number of amides is 1. The third kappa shape index (κ3) is 4.96. The van der Waals surface area contributed by atoms with Gasteiger partial charge in [-0.15, -0.1) is 0 Å². The van der Waals surface area contributed by atoms with Crippen LogP contribution in [-0.4, -0.2) is 23.7 Å². The fourth-order valence-corrected chi connectivity index (χ4v) is 2.21. The van der Waals surface area contributed by atoms with Crippen molar-refractivity contribution in [3.63, 3.8) is 0 Å². The average Bonchev–Trinajstić information content (AvgIpc) is 2.49. The molecule has 120 valence electrons. The van der Waals surface area contributed by atoms with Crippen LogP contribution in [0.25, 0.3) is 0 Å². The number of hydrogen-bond donors (Lipinski definition) is 2. The highest BCUT2D eigenvalue weighted by Gasteiger charge is 2.31. The first kappa shape index (κ1) is 17.8. The van der Waals surface area contributed by atoms with Crippen molar-refractivity contribution < 1.29 is 19.2 Å². The molecule has 1 aromatic carbocycles. The lowest BCUT2D eigenvalue weighted by atomic mass is 9.96. The monoisotopic (exact) mass is 306 g/mol. The second-order valence-electron chi connectivity index (χ2n) is 5.52. The molecule has 0 spiro atoms. The van der Waals surface area contributed by atoms with E-state index < -0.39 is 23.8 Å². The fraction of sp³-hybridized carbons (Fsp3) is 0.438. The minimum Gasteiger partial charge on any atom is -0.373 e. The summed E-state index contributed by atoms with van der Waals surface area (Å²) in [5.41, 5.74) is 0.803. The molecule has 0 saturated heterocycles. The minimum absolute atomic E-state index is 0.0762. The van der Waals surface area contributed by atoms with Gasteiger partial charge in [-0.25, -0.2) is 4.79 Å². The van der Waals surface area contributed by atoms with E-state index in [1.165, 1.54) is 6.92 Å². The Morgan fingerprint density at radius 1 is 1.18 bits per heavy atom. The Balaban J connectivity index is 2.89. The number of Topliss-reactive ketones (excluding diaryl/α,β-unsaturated/α-hetero) is 1. The fourth-order valence-electron chi connectivity index (χ4n) is 2.21. The highest BCUT2D eigenvalue weighted by molar-refractivity contribution is 5.99. The zero-order chi connectivity index (χ0) is 16.7. The molecular weight excluding hydrogens is 284 g/mol. The summed E-state index contributed by atoms with van der Waals surface area (Å²) in [6, 6.07) is 8.42. The van der Waals surface area contributed by atoms with Gasteiger partial charge >= 0.3 is 5.97 Å². The van der Waals surface area contributed by atoms with Gasteiger partial charge in [-0.2, -0.15) is 5.90 Å². The van der Waals surface area contributed by atoms with E-state index >= 15 is 0 Å². The van der Waals surface area contributed by atoms with Crippen LogP contribution >= 0.6 is 0 Å². The van der Waals surface area contributed by atoms with Crippen molar-refractivity contribution in [3.8, 4) is 0 Å². The maximum absolute atomic E-state index is 12.3. The maximum Gasteiger partial charge on any atom is 0.337 e. The van der Waals surface area contributed by atoms with Crippen molar-refractivity contribution >= 4 is 17.7 Å². The van der Waals surface area contributed by atoms with Gasteiger partial charge in [-0.3, -0.25) is 9.59 Å². The summed E-state index contributed by atoms with van der Waals surface area (Å²) in [4.78, 5) is 39.9. The van der Waals surface area contributed by atoms with Gasteiger partial charge in [0.05, 0.1) is 6.04 Å². The van der Waals surface area contributed by atoms with E-state index in [4.69, 9.17) is 5.90 Å². The molecule has 0 heterocycles. The predicted octanol–water partition coefficient (Wildman–Crippen LogP) is 0.992. The smallest absolute Gasteiger partial charge is 0.337 e. The number of benzene rings is 1. The molecule has 1 aromatic rings. The van der Waals surface area contributed by atoms with Gasteiger partial charge < -0.3 is 10.2 Å². The summed E-state index contributed by atoms with van der Waals surface area (Å²) in [6.45, 7) is 5.04. The van der Waals surface area contributed by atoms with E-state index in [-0.39, 0.29) is 18.1 Å². The summed E-state index contributed by atoms with van der Waals surface area (Å²) in [5, 5.41) is 2.61. The van der Waals surface area contributed by atoms with Gasteiger partial charge in [0.15, 0.2) is 5.78 Å². The van der Waals surface area contributed by atoms with Crippen LogP contribution in [0.15, 0.2) is 30.3 Å². The van der Waals surface area contributed by atoms with Gasteiger partial charge in [0.25, 0.3) is 0 Å². The number of rotatable bonds is 7. The molecule has 22 heavy (non-hydrogen) atoms. The second kappa shape index (κ2) is 8.29. The molecule has 6 nitrogen and oxygen atoms in total. The van der Waals surface area contributed by atoms with Gasteiger partial charge in [0.2, 0.25) is 5.91 Å². The van der Waals surface area contributed by atoms with Crippen molar-refractivity contribution in [2.24, 2.45) is 17.7 Å². The Kier molecular flexibility index (Phi) is 6.72. The first-order valence-electron chi connectivity index (χ1n) is 7.12. The lowest BCUT2D eigenvalue weighted by molar-refractivity contribution is -0.153. The van der Waals surface area contributed by atoms with Crippen LogP contribution in [-0.2, 0) is 25.6 Å². The molecule has 0 radical (unpaired) electrons. The molecule has 1 rings (SSSR count). The molecule has 1 amide bonds. The first-order chi connectivity index (χ1) is 10.4. The third-order valence-corrected chi connectivity index (χ3v) is 3.40. The molecule has 0 bridgehead atoms. The van der Waals surface area contributed by atoms with Crippen molar-refractivity contribution in [3.05, 3.63) is 35.9 Å². The average molecular weight is 306 g/mol. The highest BCUT2D eigenvalue weighted by atomic mass is 16.7. The SMILES string of the molecule is CC(=O)C(NC(=O)C(Cc1ccccc1)C(=O)ON)C(C)C. The number of nitrogens with two attached hydrogens (primary N) is 1. The number of carbonyl (C=O) groups is 3. The Bertz CT molecular complexity index is 528. The molecule has 0 aromatic heterocycles. The van der Waals surface area contributed by atoms with E-state index in [9.17, 15) is 14.4 Å². The zero-order valence-corrected chi connectivity index (χ0v) is 13.0. The largest absolute Gasteiger partial charge is 0.373 e. The molecule has 6 heteroatoms. The van der Waals surface area contributed by atoms with Crippen LogP contribution in [0.5, 0.6) is 0 Å². The van der Waals surface area contributed by atoms with Crippen LogP contribution in [0.4, 0.5) is 0 Å². The minimum atomic E-state index is -1.09. The molecule has 0 aliphatic heterocycles. The van der Waals surface area contributed by atoms with Gasteiger partial charge in [-0.1, -0.05) is 44.2 Å². The van der Waals surface area contributed by atoms with E-state index in [0.717, 1.165) is 5.56 Å². The molecule has 3 N–H and O–H groups in total. The van der Waals surface area contributed by atoms with Crippen LogP contribution < -0.4 is 11.2 Å². The number of hydrogen-bond acceptors (Lipinski definition) is 5. The van der Waals surface area contributed by atoms with E-state index in [1.807, 2.05) is 32.0 Å². The lowest BCUT2D eigenvalue weighted by Gasteiger charge is -2.22. The number of carbonyl (C=O) groups excluding carboxylic acids is 3. The second-order valence-corrected chi connectivity index (χ2v) is 5.52. The predicted molar refractivity (Wildman–Crippen MR) is 81.4 cm³/mol. The third-order valence-electron chi connectivity index (χ3n) is 3.40. The highest BCUT2D eigenvalue weighted by Crippen LogP contribution is 2.12. The quantitative estimate of drug-likeness (QED) is 0.578. The van der Waals surface area contributed by atoms with E-state index in [1.54, 1.807) is 12.1 Å². The maximum atomic E-state index is 12.3. The van der Waals surface area contributed by atoms with Crippen molar-refractivity contribution in [2.45, 2.75) is 33.2 Å².